The predicted molar refractivity (Wildman–Crippen MR) is 91.5 cm³/mol. The lowest BCUT2D eigenvalue weighted by Crippen LogP contribution is -2.05. The zero-order valence-electron chi connectivity index (χ0n) is 12.7. The van der Waals surface area contributed by atoms with Gasteiger partial charge in [0.2, 0.25) is 0 Å². The van der Waals surface area contributed by atoms with Crippen molar-refractivity contribution in [3.05, 3.63) is 52.5 Å². The Labute approximate surface area is 141 Å². The number of pyridine rings is 1. The topological polar surface area (TPSA) is 107 Å². The number of imidazole rings is 1. The van der Waals surface area contributed by atoms with E-state index in [1.54, 1.807) is 0 Å². The number of nitrogens with zero attached hydrogens (tertiary/aromatic N) is 3. The molecule has 0 aromatic carbocycles. The summed E-state index contributed by atoms with van der Waals surface area (Å²) in [5, 5.41) is 14.3. The van der Waals surface area contributed by atoms with Gasteiger partial charge in [0.15, 0.2) is 14.8 Å². The molecular formula is C14H14N4O4S2. The van der Waals surface area contributed by atoms with Crippen LogP contribution in [0.3, 0.4) is 0 Å². The first kappa shape index (κ1) is 16.4. The summed E-state index contributed by atoms with van der Waals surface area (Å²) < 4.78 is 25.0. The van der Waals surface area contributed by atoms with E-state index in [0.717, 1.165) is 35.0 Å². The Morgan fingerprint density at radius 3 is 2.88 bits per heavy atom. The molecular weight excluding hydrogens is 352 g/mol. The molecule has 0 aliphatic heterocycles. The van der Waals surface area contributed by atoms with Crippen molar-refractivity contribution in [2.24, 2.45) is 0 Å². The molecule has 0 saturated carbocycles. The summed E-state index contributed by atoms with van der Waals surface area (Å²) >= 11 is 0.869. The van der Waals surface area contributed by atoms with Crippen LogP contribution in [0, 0.1) is 10.1 Å². The van der Waals surface area contributed by atoms with E-state index >= 15 is 0 Å². The zero-order valence-corrected chi connectivity index (χ0v) is 14.3. The first-order valence-corrected chi connectivity index (χ1v) is 9.70. The molecule has 10 heteroatoms. The van der Waals surface area contributed by atoms with Crippen molar-refractivity contribution >= 4 is 37.5 Å². The highest BCUT2D eigenvalue weighted by Crippen LogP contribution is 2.36. The summed E-state index contributed by atoms with van der Waals surface area (Å²) in [6.45, 7) is 0.411. The molecule has 0 aliphatic carbocycles. The van der Waals surface area contributed by atoms with Crippen LogP contribution in [0.5, 0.6) is 0 Å². The van der Waals surface area contributed by atoms with E-state index in [1.807, 2.05) is 35.0 Å². The number of nitro groups is 1. The van der Waals surface area contributed by atoms with Crippen molar-refractivity contribution in [2.75, 3.05) is 18.1 Å². The van der Waals surface area contributed by atoms with E-state index < -0.39 is 14.8 Å². The number of hydrogen-bond donors (Lipinski definition) is 1. The number of nitrogens with one attached hydrogen (secondary N) is 1. The molecule has 0 saturated heterocycles. The number of anilines is 1. The standard InChI is InChI=1S/C14H14N4O4S2/c1-24(21,22)13-8-11(18(19)20)14(23-13)15-6-5-10-9-17-7-3-2-4-12(17)16-10/h2-4,7-9,15H,5-6H2,1H3. The van der Waals surface area contributed by atoms with Gasteiger partial charge < -0.3 is 9.72 Å². The Morgan fingerprint density at radius 1 is 1.42 bits per heavy atom. The molecule has 0 atom stereocenters. The van der Waals surface area contributed by atoms with Crippen molar-refractivity contribution in [3.8, 4) is 0 Å². The molecule has 3 rings (SSSR count). The van der Waals surface area contributed by atoms with Gasteiger partial charge in [-0.2, -0.15) is 0 Å². The number of aromatic nitrogens is 2. The van der Waals surface area contributed by atoms with E-state index in [4.69, 9.17) is 0 Å². The average Bonchev–Trinajstić information content (AvgIpc) is 3.10. The Balaban J connectivity index is 1.74. The second-order valence-electron chi connectivity index (χ2n) is 5.18. The minimum atomic E-state index is -3.47. The smallest absolute Gasteiger partial charge is 0.304 e. The first-order chi connectivity index (χ1) is 11.3. The zero-order chi connectivity index (χ0) is 17.3. The lowest BCUT2D eigenvalue weighted by molar-refractivity contribution is -0.383. The fourth-order valence-electron chi connectivity index (χ4n) is 2.22. The van der Waals surface area contributed by atoms with Gasteiger partial charge in [-0.25, -0.2) is 13.4 Å². The van der Waals surface area contributed by atoms with Crippen LogP contribution in [-0.2, 0) is 16.3 Å². The number of fused-ring (bicyclic) bond motifs is 1. The predicted octanol–water partition coefficient (Wildman–Crippen LogP) is 2.36. The normalized spacial score (nSPS) is 11.7. The molecule has 1 N–H and O–H groups in total. The molecule has 0 radical (unpaired) electrons. The van der Waals surface area contributed by atoms with E-state index in [2.05, 4.69) is 10.3 Å². The summed E-state index contributed by atoms with van der Waals surface area (Å²) in [4.78, 5) is 14.9. The lowest BCUT2D eigenvalue weighted by Gasteiger charge is -2.01. The molecule has 8 nitrogen and oxygen atoms in total. The molecule has 0 spiro atoms. The van der Waals surface area contributed by atoms with E-state index in [0.29, 0.717) is 13.0 Å². The number of rotatable bonds is 6. The molecule has 3 heterocycles. The number of hydrogen-bond acceptors (Lipinski definition) is 7. The van der Waals surface area contributed by atoms with Gasteiger partial charge >= 0.3 is 5.69 Å². The number of thiophene rings is 1. The maximum Gasteiger partial charge on any atom is 0.304 e. The fraction of sp³-hybridized carbons (Fsp3) is 0.214. The summed E-state index contributed by atoms with van der Waals surface area (Å²) in [7, 11) is -3.47. The molecule has 3 aromatic heterocycles. The van der Waals surface area contributed by atoms with Gasteiger partial charge in [0, 0.05) is 37.7 Å². The maximum absolute atomic E-state index is 11.6. The minimum absolute atomic E-state index is 0.0237. The lowest BCUT2D eigenvalue weighted by atomic mass is 10.3. The van der Waals surface area contributed by atoms with Crippen LogP contribution < -0.4 is 5.32 Å². The van der Waals surface area contributed by atoms with Crippen LogP contribution in [0.25, 0.3) is 5.65 Å². The summed E-state index contributed by atoms with van der Waals surface area (Å²) in [5.41, 5.74) is 1.45. The summed E-state index contributed by atoms with van der Waals surface area (Å²) in [5.74, 6) is 0. The van der Waals surface area contributed by atoms with Gasteiger partial charge in [0.1, 0.15) is 9.86 Å². The minimum Gasteiger partial charge on any atom is -0.371 e. The van der Waals surface area contributed by atoms with Gasteiger partial charge in [0.05, 0.1) is 10.6 Å². The molecule has 126 valence electrons. The van der Waals surface area contributed by atoms with Crippen molar-refractivity contribution in [2.45, 2.75) is 10.6 Å². The third-order valence-electron chi connectivity index (χ3n) is 3.33. The quantitative estimate of drug-likeness (QED) is 0.530. The summed E-state index contributed by atoms with van der Waals surface area (Å²) in [6, 6.07) is 6.77. The van der Waals surface area contributed by atoms with Gasteiger partial charge in [-0.15, -0.1) is 0 Å². The monoisotopic (exact) mass is 366 g/mol. The highest BCUT2D eigenvalue weighted by molar-refractivity contribution is 7.92. The van der Waals surface area contributed by atoms with Crippen LogP contribution >= 0.6 is 11.3 Å². The largest absolute Gasteiger partial charge is 0.371 e. The second-order valence-corrected chi connectivity index (χ2v) is 8.48. The molecule has 24 heavy (non-hydrogen) atoms. The van der Waals surface area contributed by atoms with Crippen LogP contribution in [0.4, 0.5) is 10.7 Å². The SMILES string of the molecule is CS(=O)(=O)c1cc([N+](=O)[O-])c(NCCc2cn3ccccc3n2)s1. The highest BCUT2D eigenvalue weighted by atomic mass is 32.2. The Morgan fingerprint density at radius 2 is 2.21 bits per heavy atom. The van der Waals surface area contributed by atoms with Gasteiger partial charge in [-0.05, 0) is 12.1 Å². The fourth-order valence-corrected chi connectivity index (χ4v) is 4.18. The van der Waals surface area contributed by atoms with E-state index in [9.17, 15) is 18.5 Å². The third-order valence-corrected chi connectivity index (χ3v) is 6.22. The molecule has 0 fully saturated rings. The van der Waals surface area contributed by atoms with Crippen LogP contribution in [0.15, 0.2) is 40.9 Å². The van der Waals surface area contributed by atoms with Gasteiger partial charge in [-0.1, -0.05) is 17.4 Å². The maximum atomic E-state index is 11.6. The third kappa shape index (κ3) is 3.39. The first-order valence-electron chi connectivity index (χ1n) is 6.99. The van der Waals surface area contributed by atoms with E-state index in [-0.39, 0.29) is 14.9 Å². The van der Waals surface area contributed by atoms with Crippen molar-refractivity contribution in [1.82, 2.24) is 9.38 Å². The van der Waals surface area contributed by atoms with E-state index in [1.165, 1.54) is 0 Å². The molecule has 0 aliphatic rings. The molecule has 0 bridgehead atoms. The van der Waals surface area contributed by atoms with Crippen LogP contribution in [0.1, 0.15) is 5.69 Å². The molecule has 3 aromatic rings. The van der Waals surface area contributed by atoms with Crippen molar-refractivity contribution in [1.29, 1.82) is 0 Å². The molecule has 0 unspecified atom stereocenters. The highest BCUT2D eigenvalue weighted by Gasteiger charge is 2.23. The van der Waals surface area contributed by atoms with Crippen LogP contribution in [0.2, 0.25) is 0 Å². The molecule has 0 amide bonds. The summed E-state index contributed by atoms with van der Waals surface area (Å²) in [6.07, 6.45) is 5.37. The Kier molecular flexibility index (Phi) is 4.24. The Bertz CT molecular complexity index is 974. The average molecular weight is 366 g/mol. The van der Waals surface area contributed by atoms with Crippen molar-refractivity contribution in [3.63, 3.8) is 0 Å². The van der Waals surface area contributed by atoms with Crippen molar-refractivity contribution < 1.29 is 13.3 Å². The Hall–Kier alpha value is -2.46. The number of sulfone groups is 1. The van der Waals surface area contributed by atoms with Gasteiger partial charge in [0.25, 0.3) is 0 Å². The second kappa shape index (κ2) is 6.21. The van der Waals surface area contributed by atoms with Gasteiger partial charge in [-0.3, -0.25) is 10.1 Å². The van der Waals surface area contributed by atoms with Crippen LogP contribution in [-0.4, -0.2) is 35.5 Å².